The molecule has 0 saturated carbocycles. The SMILES string of the molecule is Br.BrCc1ccccc1.O=C1COc2ccc(CNC(=O)c3nc4sc5c(c4c(=O)[nH]3)CNC5)cc2N1. The van der Waals surface area contributed by atoms with E-state index < -0.39 is 5.91 Å². The molecule has 2 aliphatic rings. The smallest absolute Gasteiger partial charge is 0.287 e. The zero-order valence-electron chi connectivity index (χ0n) is 19.4. The van der Waals surface area contributed by atoms with Gasteiger partial charge in [-0.2, -0.15) is 0 Å². The molecule has 4 heterocycles. The summed E-state index contributed by atoms with van der Waals surface area (Å²) in [5.74, 6) is -0.114. The number of nitrogens with one attached hydrogen (secondary N) is 4. The van der Waals surface area contributed by atoms with E-state index >= 15 is 0 Å². The number of rotatable bonds is 4. The first kappa shape index (κ1) is 27.0. The molecule has 12 heteroatoms. The molecule has 0 bridgehead atoms. The highest BCUT2D eigenvalue weighted by atomic mass is 79.9. The molecule has 0 spiro atoms. The average molecular weight is 649 g/mol. The van der Waals surface area contributed by atoms with E-state index in [1.165, 1.54) is 16.9 Å². The highest BCUT2D eigenvalue weighted by molar-refractivity contribution is 9.08. The van der Waals surface area contributed by atoms with E-state index in [-0.39, 0.29) is 47.4 Å². The minimum atomic E-state index is -0.469. The Bertz CT molecular complexity index is 1510. The minimum absolute atomic E-state index is 0. The van der Waals surface area contributed by atoms with E-state index in [4.69, 9.17) is 4.74 Å². The number of carbonyl (C=O) groups excluding carboxylic acids is 2. The second-order valence-corrected chi connectivity index (χ2v) is 9.82. The molecule has 0 saturated heterocycles. The van der Waals surface area contributed by atoms with Crippen molar-refractivity contribution in [3.8, 4) is 5.75 Å². The van der Waals surface area contributed by atoms with Gasteiger partial charge < -0.3 is 25.7 Å². The van der Waals surface area contributed by atoms with Gasteiger partial charge >= 0.3 is 0 Å². The summed E-state index contributed by atoms with van der Waals surface area (Å²) in [5, 5.41) is 10.2. The lowest BCUT2D eigenvalue weighted by Crippen LogP contribution is -2.28. The van der Waals surface area contributed by atoms with Gasteiger partial charge in [-0.1, -0.05) is 52.3 Å². The number of fused-ring (bicyclic) bond motifs is 4. The van der Waals surface area contributed by atoms with Crippen LogP contribution in [0.4, 0.5) is 5.69 Å². The van der Waals surface area contributed by atoms with Crippen LogP contribution in [0.5, 0.6) is 5.75 Å². The summed E-state index contributed by atoms with van der Waals surface area (Å²) >= 11 is 4.79. The van der Waals surface area contributed by atoms with Crippen LogP contribution in [0.25, 0.3) is 10.2 Å². The van der Waals surface area contributed by atoms with Crippen molar-refractivity contribution in [1.29, 1.82) is 0 Å². The van der Waals surface area contributed by atoms with Crippen molar-refractivity contribution in [3.63, 3.8) is 0 Å². The maximum absolute atomic E-state index is 12.5. The summed E-state index contributed by atoms with van der Waals surface area (Å²) < 4.78 is 5.31. The molecular formula is C25H23Br2N5O4S. The fourth-order valence-corrected chi connectivity index (χ4v) is 5.46. The lowest BCUT2D eigenvalue weighted by atomic mass is 10.1. The molecule has 2 aromatic heterocycles. The summed E-state index contributed by atoms with van der Waals surface area (Å²) in [4.78, 5) is 44.9. The zero-order valence-corrected chi connectivity index (χ0v) is 23.5. The average Bonchev–Trinajstić information content (AvgIpc) is 3.49. The number of thiophene rings is 1. The largest absolute Gasteiger partial charge is 0.482 e. The number of aromatic nitrogens is 2. The van der Waals surface area contributed by atoms with Crippen molar-refractivity contribution in [2.24, 2.45) is 0 Å². The normalized spacial score (nSPS) is 13.3. The highest BCUT2D eigenvalue weighted by Crippen LogP contribution is 2.31. The molecule has 0 aliphatic carbocycles. The summed E-state index contributed by atoms with van der Waals surface area (Å²) in [7, 11) is 0. The molecule has 6 rings (SSSR count). The molecule has 2 amide bonds. The first-order valence-corrected chi connectivity index (χ1v) is 13.1. The molecule has 2 aliphatic heterocycles. The van der Waals surface area contributed by atoms with Crippen molar-refractivity contribution in [1.82, 2.24) is 20.6 Å². The van der Waals surface area contributed by atoms with Gasteiger partial charge in [0, 0.05) is 29.8 Å². The molecular weight excluding hydrogens is 626 g/mol. The van der Waals surface area contributed by atoms with Crippen LogP contribution in [-0.2, 0) is 29.8 Å². The number of amides is 2. The predicted octanol–water partition coefficient (Wildman–Crippen LogP) is 4.01. The third-order valence-corrected chi connectivity index (χ3v) is 7.45. The lowest BCUT2D eigenvalue weighted by molar-refractivity contribution is -0.118. The highest BCUT2D eigenvalue weighted by Gasteiger charge is 2.22. The van der Waals surface area contributed by atoms with Crippen molar-refractivity contribution in [2.75, 3.05) is 11.9 Å². The van der Waals surface area contributed by atoms with E-state index in [2.05, 4.69) is 54.0 Å². The van der Waals surface area contributed by atoms with E-state index in [0.29, 0.717) is 28.2 Å². The Morgan fingerprint density at radius 1 is 1.11 bits per heavy atom. The molecule has 0 radical (unpaired) electrons. The monoisotopic (exact) mass is 647 g/mol. The van der Waals surface area contributed by atoms with E-state index in [9.17, 15) is 14.4 Å². The number of hydrogen-bond donors (Lipinski definition) is 4. The summed E-state index contributed by atoms with van der Waals surface area (Å²) in [6.07, 6.45) is 0. The Kier molecular flexibility index (Phi) is 8.75. The lowest BCUT2D eigenvalue weighted by Gasteiger charge is -2.18. The fourth-order valence-electron chi connectivity index (χ4n) is 3.92. The summed E-state index contributed by atoms with van der Waals surface area (Å²) in [5.41, 5.74) is 3.34. The van der Waals surface area contributed by atoms with Crippen LogP contribution in [0.2, 0.25) is 0 Å². The Labute approximate surface area is 234 Å². The molecule has 192 valence electrons. The van der Waals surface area contributed by atoms with Gasteiger partial charge in [-0.05, 0) is 28.8 Å². The van der Waals surface area contributed by atoms with Crippen molar-refractivity contribution < 1.29 is 14.3 Å². The van der Waals surface area contributed by atoms with E-state index in [1.807, 2.05) is 18.2 Å². The predicted molar refractivity (Wildman–Crippen MR) is 152 cm³/mol. The Morgan fingerprint density at radius 3 is 2.68 bits per heavy atom. The van der Waals surface area contributed by atoms with Crippen LogP contribution < -0.4 is 26.2 Å². The molecule has 4 aromatic rings. The van der Waals surface area contributed by atoms with Gasteiger partial charge in [-0.3, -0.25) is 14.4 Å². The number of H-pyrrole nitrogens is 1. The molecule has 4 N–H and O–H groups in total. The van der Waals surface area contributed by atoms with Crippen molar-refractivity contribution >= 4 is 72.0 Å². The number of halogens is 2. The quantitative estimate of drug-likeness (QED) is 0.248. The van der Waals surface area contributed by atoms with E-state index in [0.717, 1.165) is 27.9 Å². The fraction of sp³-hybridized carbons (Fsp3) is 0.200. The molecule has 0 unspecified atom stereocenters. The molecule has 2 aromatic carbocycles. The number of benzene rings is 2. The number of hydrogen-bond acceptors (Lipinski definition) is 7. The van der Waals surface area contributed by atoms with Crippen LogP contribution in [0.1, 0.15) is 32.2 Å². The molecule has 9 nitrogen and oxygen atoms in total. The van der Waals surface area contributed by atoms with Crippen molar-refractivity contribution in [2.45, 2.75) is 25.0 Å². The number of anilines is 1. The molecule has 0 fully saturated rings. The second-order valence-electron chi connectivity index (χ2n) is 8.17. The summed E-state index contributed by atoms with van der Waals surface area (Å²) in [6, 6.07) is 15.6. The van der Waals surface area contributed by atoms with Gasteiger partial charge in [0.05, 0.1) is 11.1 Å². The third kappa shape index (κ3) is 6.09. The van der Waals surface area contributed by atoms with Gasteiger partial charge in [-0.25, -0.2) is 4.98 Å². The van der Waals surface area contributed by atoms with Gasteiger partial charge in [-0.15, -0.1) is 28.3 Å². The van der Waals surface area contributed by atoms with Crippen LogP contribution >= 0.6 is 44.2 Å². The van der Waals surface area contributed by atoms with E-state index in [1.54, 1.807) is 18.2 Å². The second kappa shape index (κ2) is 12.0. The first-order chi connectivity index (χ1) is 17.5. The number of aromatic amines is 1. The molecule has 0 atom stereocenters. The maximum atomic E-state index is 12.5. The first-order valence-electron chi connectivity index (χ1n) is 11.2. The van der Waals surface area contributed by atoms with Crippen LogP contribution in [0.3, 0.4) is 0 Å². The van der Waals surface area contributed by atoms with Gasteiger partial charge in [0.1, 0.15) is 10.6 Å². The third-order valence-electron chi connectivity index (χ3n) is 5.67. The summed E-state index contributed by atoms with van der Waals surface area (Å²) in [6.45, 7) is 1.57. The van der Waals surface area contributed by atoms with Crippen molar-refractivity contribution in [3.05, 3.63) is 86.3 Å². The van der Waals surface area contributed by atoms with Gasteiger partial charge in [0.25, 0.3) is 17.4 Å². The van der Waals surface area contributed by atoms with Crippen LogP contribution in [-0.4, -0.2) is 28.4 Å². The zero-order chi connectivity index (χ0) is 25.1. The standard InChI is InChI=1S/C18H15N5O4S.C7H7Br.BrH/c24-13-7-27-11-2-1-8(3-10(11)21-13)4-20-17(26)15-22-16(25)14-9-5-19-6-12(9)28-18(14)23-15;8-6-7-4-2-1-3-5-7;/h1-3,19H,4-7H2,(H,20,26)(H,21,24)(H,22,23,25);1-5H,6H2;1H. The van der Waals surface area contributed by atoms with Crippen LogP contribution in [0, 0.1) is 0 Å². The van der Waals surface area contributed by atoms with Crippen LogP contribution in [0.15, 0.2) is 53.3 Å². The van der Waals surface area contributed by atoms with Gasteiger partial charge in [0.2, 0.25) is 5.82 Å². The Morgan fingerprint density at radius 2 is 1.92 bits per heavy atom. The Hall–Kier alpha value is -3.06. The molecule has 37 heavy (non-hydrogen) atoms. The maximum Gasteiger partial charge on any atom is 0.287 e. The number of carbonyl (C=O) groups is 2. The minimum Gasteiger partial charge on any atom is -0.482 e. The number of nitrogens with zero attached hydrogens (tertiary/aromatic N) is 1. The number of ether oxygens (including phenoxy) is 1. The van der Waals surface area contributed by atoms with Gasteiger partial charge in [0.15, 0.2) is 6.61 Å². The topological polar surface area (TPSA) is 125 Å². The number of alkyl halides is 1. The Balaban J connectivity index is 0.000000307.